The van der Waals surface area contributed by atoms with E-state index in [0.717, 1.165) is 35.2 Å². The first-order valence-electron chi connectivity index (χ1n) is 7.56. The Bertz CT molecular complexity index is 777. The minimum absolute atomic E-state index is 0.0412. The van der Waals surface area contributed by atoms with E-state index < -0.39 is 10.3 Å². The Hall–Kier alpha value is -2.69. The van der Waals surface area contributed by atoms with Gasteiger partial charge in [-0.3, -0.25) is 14.9 Å². The lowest BCUT2D eigenvalue weighted by molar-refractivity contribution is -0.384. The van der Waals surface area contributed by atoms with E-state index in [1.165, 1.54) is 12.1 Å². The molecule has 5 heteroatoms. The molecule has 0 atom stereocenters. The van der Waals surface area contributed by atoms with E-state index in [0.29, 0.717) is 0 Å². The lowest BCUT2D eigenvalue weighted by Crippen LogP contribution is -2.28. The summed E-state index contributed by atoms with van der Waals surface area (Å²) in [4.78, 5) is 23.1. The van der Waals surface area contributed by atoms with Crippen LogP contribution < -0.4 is 5.32 Å². The molecule has 1 fully saturated rings. The van der Waals surface area contributed by atoms with Crippen LogP contribution in [0.1, 0.15) is 29.5 Å². The van der Waals surface area contributed by atoms with Crippen molar-refractivity contribution in [3.05, 3.63) is 69.3 Å². The fraction of sp³-hybridized carbons (Fsp3) is 0.278. The van der Waals surface area contributed by atoms with Gasteiger partial charge in [-0.25, -0.2) is 0 Å². The third kappa shape index (κ3) is 2.82. The number of carbonyl (C=O) groups is 1. The van der Waals surface area contributed by atoms with Gasteiger partial charge in [0.05, 0.1) is 10.3 Å². The number of amides is 1. The summed E-state index contributed by atoms with van der Waals surface area (Å²) in [5.74, 6) is -0.0416. The molecule has 0 aromatic heterocycles. The Kier molecular flexibility index (Phi) is 3.64. The van der Waals surface area contributed by atoms with Crippen LogP contribution in [0.15, 0.2) is 42.5 Å². The number of nitrogens with one attached hydrogen (secondary N) is 1. The molecule has 5 nitrogen and oxygen atoms in total. The number of nitro groups is 1. The van der Waals surface area contributed by atoms with Crippen molar-refractivity contribution in [3.63, 3.8) is 0 Å². The molecule has 0 saturated heterocycles. The van der Waals surface area contributed by atoms with Crippen molar-refractivity contribution in [1.82, 2.24) is 0 Å². The number of hydrogen-bond donors (Lipinski definition) is 1. The van der Waals surface area contributed by atoms with Gasteiger partial charge in [-0.1, -0.05) is 24.3 Å². The van der Waals surface area contributed by atoms with Crippen molar-refractivity contribution in [2.24, 2.45) is 0 Å². The third-order valence-electron chi connectivity index (χ3n) is 4.46. The monoisotopic (exact) mass is 310 g/mol. The van der Waals surface area contributed by atoms with E-state index in [9.17, 15) is 14.9 Å². The quantitative estimate of drug-likeness (QED) is 0.688. The van der Waals surface area contributed by atoms with E-state index in [1.54, 1.807) is 12.1 Å². The number of nitro benzene ring substituents is 1. The first kappa shape index (κ1) is 15.2. The van der Waals surface area contributed by atoms with Crippen LogP contribution in [0.5, 0.6) is 0 Å². The summed E-state index contributed by atoms with van der Waals surface area (Å²) in [6, 6.07) is 12.2. The fourth-order valence-corrected chi connectivity index (χ4v) is 2.79. The molecule has 1 aliphatic carbocycles. The third-order valence-corrected chi connectivity index (χ3v) is 4.46. The van der Waals surface area contributed by atoms with Gasteiger partial charge in [0.1, 0.15) is 0 Å². The van der Waals surface area contributed by atoms with Crippen molar-refractivity contribution in [2.45, 2.75) is 32.1 Å². The Morgan fingerprint density at radius 2 is 1.78 bits per heavy atom. The molecule has 0 heterocycles. The molecule has 1 saturated carbocycles. The highest BCUT2D eigenvalue weighted by Crippen LogP contribution is 2.49. The number of anilines is 1. The second kappa shape index (κ2) is 5.50. The van der Waals surface area contributed by atoms with E-state index in [1.807, 2.05) is 32.0 Å². The van der Waals surface area contributed by atoms with Gasteiger partial charge >= 0.3 is 0 Å². The fourth-order valence-electron chi connectivity index (χ4n) is 2.79. The molecule has 1 aliphatic rings. The Morgan fingerprint density at radius 1 is 1.13 bits per heavy atom. The molecule has 0 radical (unpaired) electrons. The summed E-state index contributed by atoms with van der Waals surface area (Å²) in [6.45, 7) is 3.94. The smallest absolute Gasteiger partial charge is 0.269 e. The highest BCUT2D eigenvalue weighted by molar-refractivity contribution is 6.01. The van der Waals surface area contributed by atoms with Gasteiger partial charge in [0.15, 0.2) is 0 Å². The van der Waals surface area contributed by atoms with Crippen LogP contribution in [0.25, 0.3) is 0 Å². The number of benzene rings is 2. The van der Waals surface area contributed by atoms with Crippen molar-refractivity contribution in [2.75, 3.05) is 5.32 Å². The normalized spacial score (nSPS) is 15.0. The van der Waals surface area contributed by atoms with Crippen molar-refractivity contribution in [3.8, 4) is 0 Å². The minimum Gasteiger partial charge on any atom is -0.325 e. The van der Waals surface area contributed by atoms with Crippen LogP contribution in [0, 0.1) is 24.0 Å². The molecular formula is C18H18N2O3. The predicted octanol–water partition coefficient (Wildman–Crippen LogP) is 3.88. The van der Waals surface area contributed by atoms with E-state index in [4.69, 9.17) is 0 Å². The number of nitrogens with zero attached hydrogens (tertiary/aromatic N) is 1. The summed E-state index contributed by atoms with van der Waals surface area (Å²) < 4.78 is 0. The van der Waals surface area contributed by atoms with Crippen molar-refractivity contribution in [1.29, 1.82) is 0 Å². The van der Waals surface area contributed by atoms with E-state index in [-0.39, 0.29) is 11.6 Å². The summed E-state index contributed by atoms with van der Waals surface area (Å²) in [5.41, 5.74) is 3.26. The molecule has 0 bridgehead atoms. The minimum atomic E-state index is -0.550. The van der Waals surface area contributed by atoms with Crippen LogP contribution >= 0.6 is 0 Å². The van der Waals surface area contributed by atoms with E-state index in [2.05, 4.69) is 5.32 Å². The van der Waals surface area contributed by atoms with Gasteiger partial charge < -0.3 is 5.32 Å². The van der Waals surface area contributed by atoms with Crippen molar-refractivity contribution >= 4 is 17.3 Å². The number of carbonyl (C=O) groups excluding carboxylic acids is 1. The van der Waals surface area contributed by atoms with Gasteiger partial charge in [-0.05, 0) is 49.4 Å². The molecule has 0 unspecified atom stereocenters. The molecule has 1 N–H and O–H groups in total. The molecule has 118 valence electrons. The number of non-ortho nitro benzene ring substituents is 1. The first-order valence-corrected chi connectivity index (χ1v) is 7.56. The maximum Gasteiger partial charge on any atom is 0.269 e. The molecular weight excluding hydrogens is 292 g/mol. The van der Waals surface area contributed by atoms with Gasteiger partial charge in [0.25, 0.3) is 5.69 Å². The van der Waals surface area contributed by atoms with Gasteiger partial charge in [-0.2, -0.15) is 0 Å². The van der Waals surface area contributed by atoms with Gasteiger partial charge in [-0.15, -0.1) is 0 Å². The second-order valence-corrected chi connectivity index (χ2v) is 6.16. The number of rotatable bonds is 4. The van der Waals surface area contributed by atoms with E-state index >= 15 is 0 Å². The van der Waals surface area contributed by atoms with Crippen LogP contribution in [-0.2, 0) is 10.2 Å². The van der Waals surface area contributed by atoms with Crippen LogP contribution in [0.4, 0.5) is 11.4 Å². The van der Waals surface area contributed by atoms with Gasteiger partial charge in [0.2, 0.25) is 5.91 Å². The molecule has 0 aliphatic heterocycles. The Morgan fingerprint density at radius 3 is 2.35 bits per heavy atom. The lowest BCUT2D eigenvalue weighted by Gasteiger charge is -2.17. The molecule has 1 amide bonds. The van der Waals surface area contributed by atoms with Crippen LogP contribution in [0.2, 0.25) is 0 Å². The van der Waals surface area contributed by atoms with Crippen LogP contribution in [0.3, 0.4) is 0 Å². The highest BCUT2D eigenvalue weighted by Gasteiger charge is 2.51. The zero-order valence-corrected chi connectivity index (χ0v) is 13.1. The summed E-state index contributed by atoms with van der Waals surface area (Å²) in [5, 5.41) is 13.8. The van der Waals surface area contributed by atoms with Crippen LogP contribution in [-0.4, -0.2) is 10.8 Å². The standard InChI is InChI=1S/C18H18N2O3/c1-12-3-4-13(2)16(11-12)19-17(21)18(9-10-18)14-5-7-15(8-6-14)20(22)23/h3-8,11H,9-10H2,1-2H3,(H,19,21). The zero-order valence-electron chi connectivity index (χ0n) is 13.1. The number of aryl methyl sites for hydroxylation is 2. The summed E-state index contributed by atoms with van der Waals surface area (Å²) in [7, 11) is 0. The summed E-state index contributed by atoms with van der Waals surface area (Å²) >= 11 is 0. The maximum absolute atomic E-state index is 12.7. The Labute approximate surface area is 134 Å². The first-order chi connectivity index (χ1) is 10.9. The zero-order chi connectivity index (χ0) is 16.6. The lowest BCUT2D eigenvalue weighted by atomic mass is 9.94. The highest BCUT2D eigenvalue weighted by atomic mass is 16.6. The second-order valence-electron chi connectivity index (χ2n) is 6.16. The summed E-state index contributed by atoms with van der Waals surface area (Å²) in [6.07, 6.45) is 1.53. The van der Waals surface area contributed by atoms with Crippen molar-refractivity contribution < 1.29 is 9.72 Å². The molecule has 2 aromatic rings. The SMILES string of the molecule is Cc1ccc(C)c(NC(=O)C2(c3ccc([N+](=O)[O-])cc3)CC2)c1. The van der Waals surface area contributed by atoms with Gasteiger partial charge in [0, 0.05) is 17.8 Å². The molecule has 23 heavy (non-hydrogen) atoms. The topological polar surface area (TPSA) is 72.2 Å². The largest absolute Gasteiger partial charge is 0.325 e. The molecule has 2 aromatic carbocycles. The average molecular weight is 310 g/mol. The predicted molar refractivity (Wildman–Crippen MR) is 88.6 cm³/mol. The maximum atomic E-state index is 12.7. The average Bonchev–Trinajstić information content (AvgIpc) is 3.33. The molecule has 3 rings (SSSR count). The number of hydrogen-bond acceptors (Lipinski definition) is 3. The Balaban J connectivity index is 1.83. The molecule has 0 spiro atoms.